The Labute approximate surface area is 110 Å². The quantitative estimate of drug-likeness (QED) is 0.617. The molecule has 0 aliphatic heterocycles. The molecule has 0 aliphatic carbocycles. The number of nitrogens with one attached hydrogen (secondary N) is 1. The fraction of sp³-hybridized carbons (Fsp3) is 0.500. The van der Waals surface area contributed by atoms with Gasteiger partial charge in [-0.25, -0.2) is 0 Å². The first-order chi connectivity index (χ1) is 7.59. The van der Waals surface area contributed by atoms with Crippen LogP contribution in [0.5, 0.6) is 5.75 Å². The van der Waals surface area contributed by atoms with Crippen molar-refractivity contribution in [2.75, 3.05) is 19.7 Å². The molecule has 4 heteroatoms. The second kappa shape index (κ2) is 7.09. The summed E-state index contributed by atoms with van der Waals surface area (Å²) >= 11 is 2.27. The van der Waals surface area contributed by atoms with Crippen LogP contribution in [0, 0.1) is 10.5 Å². The molecule has 0 saturated heterocycles. The Kier molecular flexibility index (Phi) is 6.08. The molecule has 0 amide bonds. The molecule has 0 saturated carbocycles. The normalized spacial score (nSPS) is 12.5. The number of benzene rings is 1. The van der Waals surface area contributed by atoms with E-state index < -0.39 is 0 Å². The van der Waals surface area contributed by atoms with E-state index in [0.29, 0.717) is 13.2 Å². The molecule has 0 aliphatic rings. The number of rotatable bonds is 6. The maximum atomic E-state index is 9.04. The lowest BCUT2D eigenvalue weighted by molar-refractivity contribution is 0.188. The third kappa shape index (κ3) is 5.14. The van der Waals surface area contributed by atoms with Crippen molar-refractivity contribution in [3.63, 3.8) is 0 Å². The van der Waals surface area contributed by atoms with Crippen molar-refractivity contribution in [2.24, 2.45) is 0 Å². The van der Waals surface area contributed by atoms with Gasteiger partial charge < -0.3 is 15.2 Å². The van der Waals surface area contributed by atoms with Crippen molar-refractivity contribution < 1.29 is 9.84 Å². The van der Waals surface area contributed by atoms with Crippen LogP contribution in [-0.4, -0.2) is 30.9 Å². The third-order valence-electron chi connectivity index (χ3n) is 2.06. The fourth-order valence-electron chi connectivity index (χ4n) is 1.27. The van der Waals surface area contributed by atoms with E-state index in [4.69, 9.17) is 9.84 Å². The van der Waals surface area contributed by atoms with Crippen LogP contribution >= 0.6 is 22.6 Å². The van der Waals surface area contributed by atoms with E-state index in [1.54, 1.807) is 6.92 Å². The maximum absolute atomic E-state index is 9.04. The summed E-state index contributed by atoms with van der Waals surface area (Å²) in [5, 5.41) is 12.1. The summed E-state index contributed by atoms with van der Waals surface area (Å²) in [5.41, 5.74) is 1.24. The van der Waals surface area contributed by atoms with Crippen molar-refractivity contribution in [1.29, 1.82) is 0 Å². The summed E-state index contributed by atoms with van der Waals surface area (Å²) in [6.45, 7) is 5.79. The molecule has 3 nitrogen and oxygen atoms in total. The largest absolute Gasteiger partial charge is 0.491 e. The Hall–Kier alpha value is -0.330. The summed E-state index contributed by atoms with van der Waals surface area (Å²) in [5.74, 6) is 0.921. The van der Waals surface area contributed by atoms with Gasteiger partial charge >= 0.3 is 0 Å². The third-order valence-corrected chi connectivity index (χ3v) is 2.91. The smallest absolute Gasteiger partial charge is 0.132 e. The number of aliphatic hydroxyl groups excluding tert-OH is 1. The molecule has 1 aromatic rings. The lowest BCUT2D eigenvalue weighted by atomic mass is 10.2. The van der Waals surface area contributed by atoms with E-state index in [1.807, 2.05) is 12.1 Å². The van der Waals surface area contributed by atoms with E-state index in [1.165, 1.54) is 5.56 Å². The van der Waals surface area contributed by atoms with Gasteiger partial charge in [-0.15, -0.1) is 0 Å². The molecule has 0 bridgehead atoms. The van der Waals surface area contributed by atoms with Crippen LogP contribution < -0.4 is 10.1 Å². The topological polar surface area (TPSA) is 41.5 Å². The molecule has 0 heterocycles. The van der Waals surface area contributed by atoms with Crippen molar-refractivity contribution in [3.05, 3.63) is 27.3 Å². The monoisotopic (exact) mass is 335 g/mol. The van der Waals surface area contributed by atoms with Crippen molar-refractivity contribution in [3.8, 4) is 5.75 Å². The predicted octanol–water partition coefficient (Wildman–Crippen LogP) is 1.95. The first-order valence-corrected chi connectivity index (χ1v) is 6.45. The molecule has 2 N–H and O–H groups in total. The molecule has 1 unspecified atom stereocenters. The number of hydrogen-bond donors (Lipinski definition) is 2. The fourth-order valence-corrected chi connectivity index (χ4v) is 2.09. The summed E-state index contributed by atoms with van der Waals surface area (Å²) in [6.07, 6.45) is -0.306. The van der Waals surface area contributed by atoms with Gasteiger partial charge in [0.25, 0.3) is 0 Å². The molecular formula is C12H18INO2. The van der Waals surface area contributed by atoms with E-state index in [-0.39, 0.29) is 6.10 Å². The van der Waals surface area contributed by atoms with Crippen LogP contribution in [0.15, 0.2) is 18.2 Å². The Balaban J connectivity index is 2.27. The van der Waals surface area contributed by atoms with Crippen LogP contribution in [0.25, 0.3) is 0 Å². The molecule has 0 radical (unpaired) electrons. The Morgan fingerprint density at radius 1 is 1.50 bits per heavy atom. The average molecular weight is 335 g/mol. The standard InChI is InChI=1S/C12H18INO2/c1-9-3-4-12(11(13)7-9)16-6-5-14-8-10(2)15/h3-4,7,10,14-15H,5-6,8H2,1-2H3. The molecule has 0 spiro atoms. The first-order valence-electron chi connectivity index (χ1n) is 5.37. The highest BCUT2D eigenvalue weighted by molar-refractivity contribution is 14.1. The lowest BCUT2D eigenvalue weighted by Gasteiger charge is -2.10. The molecular weight excluding hydrogens is 317 g/mol. The minimum atomic E-state index is -0.306. The summed E-state index contributed by atoms with van der Waals surface area (Å²) in [4.78, 5) is 0. The van der Waals surface area contributed by atoms with Crippen LogP contribution in [0.4, 0.5) is 0 Å². The SMILES string of the molecule is Cc1ccc(OCCNCC(C)O)c(I)c1. The van der Waals surface area contributed by atoms with Crippen LogP contribution in [0.1, 0.15) is 12.5 Å². The first kappa shape index (κ1) is 13.7. The van der Waals surface area contributed by atoms with Gasteiger partial charge in [0.05, 0.1) is 9.67 Å². The van der Waals surface area contributed by atoms with Gasteiger partial charge in [-0.2, -0.15) is 0 Å². The number of halogens is 1. The highest BCUT2D eigenvalue weighted by atomic mass is 127. The average Bonchev–Trinajstić information content (AvgIpc) is 2.20. The molecule has 1 atom stereocenters. The zero-order valence-electron chi connectivity index (χ0n) is 9.66. The number of aryl methyl sites for hydroxylation is 1. The molecule has 90 valence electrons. The Morgan fingerprint density at radius 3 is 2.88 bits per heavy atom. The number of hydrogen-bond acceptors (Lipinski definition) is 3. The second-order valence-corrected chi connectivity index (χ2v) is 5.00. The van der Waals surface area contributed by atoms with Gasteiger partial charge in [0, 0.05) is 13.1 Å². The number of ether oxygens (including phenoxy) is 1. The minimum Gasteiger partial charge on any atom is -0.491 e. The van der Waals surface area contributed by atoms with Gasteiger partial charge in [-0.1, -0.05) is 6.07 Å². The van der Waals surface area contributed by atoms with E-state index in [9.17, 15) is 0 Å². The van der Waals surface area contributed by atoms with E-state index in [2.05, 4.69) is 40.9 Å². The molecule has 0 fully saturated rings. The Bertz CT molecular complexity index is 329. The summed E-state index contributed by atoms with van der Waals surface area (Å²) in [6, 6.07) is 6.13. The van der Waals surface area contributed by atoms with Crippen molar-refractivity contribution >= 4 is 22.6 Å². The van der Waals surface area contributed by atoms with Crippen LogP contribution in [-0.2, 0) is 0 Å². The zero-order valence-corrected chi connectivity index (χ0v) is 11.8. The molecule has 16 heavy (non-hydrogen) atoms. The number of aliphatic hydroxyl groups is 1. The second-order valence-electron chi connectivity index (χ2n) is 3.84. The van der Waals surface area contributed by atoms with Crippen molar-refractivity contribution in [1.82, 2.24) is 5.32 Å². The maximum Gasteiger partial charge on any atom is 0.132 e. The van der Waals surface area contributed by atoms with Crippen LogP contribution in [0.2, 0.25) is 0 Å². The molecule has 1 rings (SSSR count). The van der Waals surface area contributed by atoms with Crippen molar-refractivity contribution in [2.45, 2.75) is 20.0 Å². The lowest BCUT2D eigenvalue weighted by Crippen LogP contribution is -2.28. The van der Waals surface area contributed by atoms with Gasteiger partial charge in [0.15, 0.2) is 0 Å². The van der Waals surface area contributed by atoms with Gasteiger partial charge in [-0.05, 0) is 54.1 Å². The zero-order chi connectivity index (χ0) is 12.0. The molecule has 1 aromatic carbocycles. The van der Waals surface area contributed by atoms with E-state index in [0.717, 1.165) is 15.9 Å². The van der Waals surface area contributed by atoms with Crippen LogP contribution in [0.3, 0.4) is 0 Å². The molecule has 0 aromatic heterocycles. The minimum absolute atomic E-state index is 0.306. The highest BCUT2D eigenvalue weighted by Crippen LogP contribution is 2.21. The van der Waals surface area contributed by atoms with E-state index >= 15 is 0 Å². The van der Waals surface area contributed by atoms with Gasteiger partial charge in [-0.3, -0.25) is 0 Å². The summed E-state index contributed by atoms with van der Waals surface area (Å²) < 4.78 is 6.75. The Morgan fingerprint density at radius 2 is 2.25 bits per heavy atom. The van der Waals surface area contributed by atoms with Gasteiger partial charge in [0.1, 0.15) is 12.4 Å². The van der Waals surface area contributed by atoms with Gasteiger partial charge in [0.2, 0.25) is 0 Å². The highest BCUT2D eigenvalue weighted by Gasteiger charge is 2.00. The predicted molar refractivity (Wildman–Crippen MR) is 73.9 cm³/mol. The summed E-state index contributed by atoms with van der Waals surface area (Å²) in [7, 11) is 0.